The van der Waals surface area contributed by atoms with Gasteiger partial charge in [-0.3, -0.25) is 14.4 Å². The summed E-state index contributed by atoms with van der Waals surface area (Å²) in [6.07, 6.45) is 4.11. The van der Waals surface area contributed by atoms with Crippen LogP contribution in [0.1, 0.15) is 36.7 Å². The lowest BCUT2D eigenvalue weighted by molar-refractivity contribution is -0.123. The smallest absolute Gasteiger partial charge is 0.257 e. The van der Waals surface area contributed by atoms with Gasteiger partial charge in [-0.25, -0.2) is 0 Å². The molecule has 3 heterocycles. The maximum atomic E-state index is 13.2. The van der Waals surface area contributed by atoms with Crippen LogP contribution in [-0.4, -0.2) is 40.2 Å². The van der Waals surface area contributed by atoms with Crippen LogP contribution in [0.25, 0.3) is 21.8 Å². The summed E-state index contributed by atoms with van der Waals surface area (Å²) < 4.78 is 12.6. The lowest BCUT2D eigenvalue weighted by Gasteiger charge is -2.19. The highest BCUT2D eigenvalue weighted by Gasteiger charge is 2.23. The normalized spacial score (nSPS) is 14.1. The Kier molecular flexibility index (Phi) is 6.13. The number of aromatic nitrogens is 2. The fourth-order valence-corrected chi connectivity index (χ4v) is 4.59. The summed E-state index contributed by atoms with van der Waals surface area (Å²) in [5.41, 5.74) is 2.34. The molecule has 0 bridgehead atoms. The van der Waals surface area contributed by atoms with Crippen molar-refractivity contribution < 1.29 is 19.1 Å². The van der Waals surface area contributed by atoms with Gasteiger partial charge in [-0.05, 0) is 44.9 Å². The first-order chi connectivity index (χ1) is 17.4. The van der Waals surface area contributed by atoms with E-state index in [1.807, 2.05) is 48.9 Å². The highest BCUT2D eigenvalue weighted by Crippen LogP contribution is 2.35. The number of rotatable bonds is 7. The van der Waals surface area contributed by atoms with E-state index in [0.29, 0.717) is 35.4 Å². The van der Waals surface area contributed by atoms with Gasteiger partial charge in [-0.2, -0.15) is 0 Å². The summed E-state index contributed by atoms with van der Waals surface area (Å²) in [5.74, 6) is 0.106. The fourth-order valence-electron chi connectivity index (χ4n) is 4.59. The molecule has 3 N–H and O–H groups in total. The largest absolute Gasteiger partial charge is 0.454 e. The Balaban J connectivity index is 1.30. The molecule has 0 spiro atoms. The molecule has 1 unspecified atom stereocenters. The van der Waals surface area contributed by atoms with Crippen LogP contribution in [-0.2, 0) is 17.8 Å². The van der Waals surface area contributed by atoms with E-state index in [0.717, 1.165) is 16.5 Å². The number of carbonyl (C=O) groups is 2. The van der Waals surface area contributed by atoms with Crippen molar-refractivity contribution in [2.75, 3.05) is 6.79 Å². The topological polar surface area (TPSA) is 114 Å². The Morgan fingerprint density at radius 1 is 1.08 bits per heavy atom. The number of hydrogen-bond donors (Lipinski definition) is 3. The van der Waals surface area contributed by atoms with Crippen LogP contribution in [0.5, 0.6) is 11.5 Å². The molecular weight excluding hydrogens is 460 g/mol. The summed E-state index contributed by atoms with van der Waals surface area (Å²) in [6, 6.07) is 10.4. The minimum absolute atomic E-state index is 0.0327. The van der Waals surface area contributed by atoms with Gasteiger partial charge >= 0.3 is 0 Å². The maximum Gasteiger partial charge on any atom is 0.257 e. The van der Waals surface area contributed by atoms with Crippen LogP contribution < -0.4 is 25.5 Å². The number of amides is 2. The van der Waals surface area contributed by atoms with Gasteiger partial charge in [0.2, 0.25) is 18.1 Å². The van der Waals surface area contributed by atoms with Crippen LogP contribution in [0, 0.1) is 0 Å². The first-order valence-electron chi connectivity index (χ1n) is 12.0. The van der Waals surface area contributed by atoms with E-state index in [2.05, 4.69) is 15.6 Å². The van der Waals surface area contributed by atoms with Gasteiger partial charge in [0.05, 0.1) is 10.9 Å². The van der Waals surface area contributed by atoms with Crippen molar-refractivity contribution in [3.8, 4) is 11.5 Å². The number of hydrogen-bond acceptors (Lipinski definition) is 5. The molecule has 0 aliphatic carbocycles. The maximum absolute atomic E-state index is 13.2. The number of carbonyl (C=O) groups excluding carboxylic acids is 2. The minimum atomic E-state index is -0.829. The second-order valence-corrected chi connectivity index (χ2v) is 9.05. The van der Waals surface area contributed by atoms with Crippen molar-refractivity contribution in [3.05, 3.63) is 70.1 Å². The van der Waals surface area contributed by atoms with Crippen LogP contribution in [0.4, 0.5) is 0 Å². The SMILES string of the molecule is CCn1cc(C(=O)N[C@@H](C)C(=O)NC(C)Cc2c[nH]c3ccccc23)c(=O)c2cc3c(cc21)OCO3. The average molecular weight is 489 g/mol. The van der Waals surface area contributed by atoms with Gasteiger partial charge < -0.3 is 29.7 Å². The third kappa shape index (κ3) is 4.28. The summed E-state index contributed by atoms with van der Waals surface area (Å²) >= 11 is 0. The first kappa shape index (κ1) is 23.5. The van der Waals surface area contributed by atoms with E-state index in [9.17, 15) is 14.4 Å². The Morgan fingerprint density at radius 2 is 1.83 bits per heavy atom. The predicted octanol–water partition coefficient (Wildman–Crippen LogP) is 3.10. The second-order valence-electron chi connectivity index (χ2n) is 9.05. The molecule has 1 aliphatic rings. The Hall–Kier alpha value is -4.27. The number of ether oxygens (including phenoxy) is 2. The molecule has 0 fully saturated rings. The number of benzene rings is 2. The Labute approximate surface area is 207 Å². The molecule has 5 rings (SSSR count). The van der Waals surface area contributed by atoms with Crippen LogP contribution >= 0.6 is 0 Å². The van der Waals surface area contributed by atoms with Crippen LogP contribution in [0.2, 0.25) is 0 Å². The zero-order valence-electron chi connectivity index (χ0n) is 20.4. The lowest BCUT2D eigenvalue weighted by atomic mass is 10.1. The van der Waals surface area contributed by atoms with Crippen molar-refractivity contribution in [1.82, 2.24) is 20.2 Å². The van der Waals surface area contributed by atoms with E-state index in [1.54, 1.807) is 19.1 Å². The fraction of sp³-hybridized carbons (Fsp3) is 0.296. The Bertz CT molecular complexity index is 1540. The summed E-state index contributed by atoms with van der Waals surface area (Å²) in [7, 11) is 0. The van der Waals surface area contributed by atoms with E-state index in [-0.39, 0.29) is 24.3 Å². The second kappa shape index (κ2) is 9.41. The predicted molar refractivity (Wildman–Crippen MR) is 137 cm³/mol. The molecule has 2 aromatic heterocycles. The van der Waals surface area contributed by atoms with Crippen molar-refractivity contribution in [3.63, 3.8) is 0 Å². The lowest BCUT2D eigenvalue weighted by Crippen LogP contribution is -2.48. The zero-order chi connectivity index (χ0) is 25.4. The van der Waals surface area contributed by atoms with Crippen LogP contribution in [0.3, 0.4) is 0 Å². The molecule has 1 aliphatic heterocycles. The van der Waals surface area contributed by atoms with E-state index in [1.165, 1.54) is 6.20 Å². The van der Waals surface area contributed by atoms with Gasteiger partial charge in [-0.15, -0.1) is 0 Å². The summed E-state index contributed by atoms with van der Waals surface area (Å²) in [5, 5.41) is 7.10. The van der Waals surface area contributed by atoms with Crippen molar-refractivity contribution in [2.45, 2.75) is 45.8 Å². The quantitative estimate of drug-likeness (QED) is 0.370. The number of para-hydroxylation sites is 1. The number of pyridine rings is 1. The monoisotopic (exact) mass is 488 g/mol. The highest BCUT2D eigenvalue weighted by molar-refractivity contribution is 6.00. The molecule has 36 heavy (non-hydrogen) atoms. The number of nitrogens with one attached hydrogen (secondary N) is 3. The van der Waals surface area contributed by atoms with Crippen molar-refractivity contribution in [1.29, 1.82) is 0 Å². The van der Waals surface area contributed by atoms with E-state index < -0.39 is 17.4 Å². The number of aryl methyl sites for hydroxylation is 1. The molecule has 9 heteroatoms. The van der Waals surface area contributed by atoms with Crippen molar-refractivity contribution >= 4 is 33.6 Å². The average Bonchev–Trinajstić information content (AvgIpc) is 3.50. The minimum Gasteiger partial charge on any atom is -0.454 e. The van der Waals surface area contributed by atoms with Gasteiger partial charge in [0.25, 0.3) is 5.91 Å². The number of fused-ring (bicyclic) bond motifs is 3. The van der Waals surface area contributed by atoms with Gasteiger partial charge in [0.1, 0.15) is 11.6 Å². The summed E-state index contributed by atoms with van der Waals surface area (Å²) in [4.78, 5) is 42.3. The first-order valence-corrected chi connectivity index (χ1v) is 12.0. The molecule has 4 aromatic rings. The van der Waals surface area contributed by atoms with Gasteiger partial charge in [0.15, 0.2) is 11.5 Å². The molecule has 9 nitrogen and oxygen atoms in total. The molecule has 0 saturated carbocycles. The number of aromatic amines is 1. The molecule has 2 atom stereocenters. The highest BCUT2D eigenvalue weighted by atomic mass is 16.7. The molecule has 2 aromatic carbocycles. The third-order valence-electron chi connectivity index (χ3n) is 6.49. The zero-order valence-corrected chi connectivity index (χ0v) is 20.4. The number of nitrogens with zero attached hydrogens (tertiary/aromatic N) is 1. The molecule has 0 radical (unpaired) electrons. The van der Waals surface area contributed by atoms with Gasteiger partial charge in [-0.1, -0.05) is 18.2 Å². The molecule has 186 valence electrons. The van der Waals surface area contributed by atoms with E-state index >= 15 is 0 Å². The van der Waals surface area contributed by atoms with E-state index in [4.69, 9.17) is 9.47 Å². The Morgan fingerprint density at radius 3 is 2.61 bits per heavy atom. The van der Waals surface area contributed by atoms with Gasteiger partial charge in [0, 0.05) is 41.9 Å². The standard InChI is InChI=1S/C27H28N4O5/c1-4-31-13-20(25(32)19-10-23-24(11-22(19)31)36-14-35-23)27(34)30-16(3)26(33)29-15(2)9-17-12-28-21-8-6-5-7-18(17)21/h5-8,10-13,15-16,28H,4,9,14H2,1-3H3,(H,29,33)(H,30,34)/t15?,16-/m0/s1. The van der Waals surface area contributed by atoms with Crippen LogP contribution in [0.15, 0.2) is 53.6 Å². The molecule has 0 saturated heterocycles. The van der Waals surface area contributed by atoms with Crippen molar-refractivity contribution in [2.24, 2.45) is 0 Å². The molecule has 2 amide bonds. The summed E-state index contributed by atoms with van der Waals surface area (Å²) in [6.45, 7) is 6.06. The third-order valence-corrected chi connectivity index (χ3v) is 6.49. The number of H-pyrrole nitrogens is 1. The molecular formula is C27H28N4O5.